The first kappa shape index (κ1) is 13.2. The molecule has 0 aliphatic heterocycles. The van der Waals surface area contributed by atoms with Crippen molar-refractivity contribution in [2.75, 3.05) is 5.32 Å². The lowest BCUT2D eigenvalue weighted by molar-refractivity contribution is -0.120. The van der Waals surface area contributed by atoms with E-state index in [1.165, 1.54) is 18.3 Å². The van der Waals surface area contributed by atoms with E-state index < -0.39 is 11.4 Å². The molecule has 0 spiro atoms. The zero-order valence-corrected chi connectivity index (χ0v) is 10.9. The van der Waals surface area contributed by atoms with Crippen LogP contribution in [0, 0.1) is 5.95 Å². The molecule has 98 valence electrons. The van der Waals surface area contributed by atoms with Gasteiger partial charge in [0.05, 0.1) is 17.3 Å². The van der Waals surface area contributed by atoms with E-state index in [2.05, 4.69) is 10.3 Å². The number of carbonyl (C=O) groups excluding carboxylic acids is 1. The van der Waals surface area contributed by atoms with Crippen molar-refractivity contribution >= 4 is 11.6 Å². The lowest BCUT2D eigenvalue weighted by Gasteiger charge is -2.24. The average Bonchev–Trinajstić information content (AvgIpc) is 2.42. The Kier molecular flexibility index (Phi) is 3.60. The van der Waals surface area contributed by atoms with Gasteiger partial charge >= 0.3 is 0 Å². The van der Waals surface area contributed by atoms with Crippen molar-refractivity contribution in [2.24, 2.45) is 0 Å². The van der Waals surface area contributed by atoms with Crippen LogP contribution >= 0.6 is 0 Å². The number of nitrogens with one attached hydrogen (secondary N) is 1. The second-order valence-corrected chi connectivity index (χ2v) is 4.81. The van der Waals surface area contributed by atoms with E-state index >= 15 is 0 Å². The topological polar surface area (TPSA) is 42.0 Å². The molecule has 0 radical (unpaired) electrons. The van der Waals surface area contributed by atoms with Gasteiger partial charge in [-0.2, -0.15) is 4.39 Å². The van der Waals surface area contributed by atoms with Crippen LogP contribution in [0.15, 0.2) is 48.7 Å². The van der Waals surface area contributed by atoms with E-state index in [-0.39, 0.29) is 5.91 Å². The van der Waals surface area contributed by atoms with E-state index in [0.717, 1.165) is 5.56 Å². The monoisotopic (exact) mass is 258 g/mol. The summed E-state index contributed by atoms with van der Waals surface area (Å²) in [4.78, 5) is 15.8. The Balaban J connectivity index is 2.17. The zero-order valence-electron chi connectivity index (χ0n) is 10.9. The predicted molar refractivity (Wildman–Crippen MR) is 72.3 cm³/mol. The largest absolute Gasteiger partial charge is 0.324 e. The summed E-state index contributed by atoms with van der Waals surface area (Å²) >= 11 is 0. The van der Waals surface area contributed by atoms with Gasteiger partial charge in [-0.25, -0.2) is 4.98 Å². The van der Waals surface area contributed by atoms with Crippen LogP contribution in [0.25, 0.3) is 0 Å². The standard InChI is InChI=1S/C15H15FN2O/c1-15(2,11-6-4-3-5-7-11)14(19)18-12-8-9-13(16)17-10-12/h3-10H,1-2H3,(H,18,19). The Labute approximate surface area is 111 Å². The number of benzene rings is 1. The smallest absolute Gasteiger partial charge is 0.234 e. The number of carbonyl (C=O) groups is 1. The molecule has 0 unspecified atom stereocenters. The summed E-state index contributed by atoms with van der Waals surface area (Å²) in [5, 5.41) is 2.74. The molecule has 0 saturated carbocycles. The van der Waals surface area contributed by atoms with E-state index in [9.17, 15) is 9.18 Å². The van der Waals surface area contributed by atoms with Gasteiger partial charge in [-0.1, -0.05) is 30.3 Å². The molecule has 2 aromatic rings. The fourth-order valence-electron chi connectivity index (χ4n) is 1.72. The molecule has 0 atom stereocenters. The number of hydrogen-bond donors (Lipinski definition) is 1. The minimum atomic E-state index is -0.671. The van der Waals surface area contributed by atoms with Gasteiger partial charge in [-0.3, -0.25) is 4.79 Å². The molecule has 19 heavy (non-hydrogen) atoms. The van der Waals surface area contributed by atoms with Gasteiger partial charge in [-0.15, -0.1) is 0 Å². The minimum Gasteiger partial charge on any atom is -0.324 e. The van der Waals surface area contributed by atoms with Crippen molar-refractivity contribution < 1.29 is 9.18 Å². The minimum absolute atomic E-state index is 0.160. The fraction of sp³-hybridized carbons (Fsp3) is 0.200. The highest BCUT2D eigenvalue weighted by molar-refractivity contribution is 5.98. The quantitative estimate of drug-likeness (QED) is 0.859. The number of rotatable bonds is 3. The van der Waals surface area contributed by atoms with Crippen LogP contribution in [0.1, 0.15) is 19.4 Å². The van der Waals surface area contributed by atoms with Crippen LogP contribution in [0.2, 0.25) is 0 Å². The van der Waals surface area contributed by atoms with Crippen LogP contribution in [-0.4, -0.2) is 10.9 Å². The molecule has 4 heteroatoms. The maximum Gasteiger partial charge on any atom is 0.234 e. The van der Waals surface area contributed by atoms with Crippen molar-refractivity contribution in [2.45, 2.75) is 19.3 Å². The zero-order chi connectivity index (χ0) is 13.9. The highest BCUT2D eigenvalue weighted by Gasteiger charge is 2.29. The molecule has 1 N–H and O–H groups in total. The molecule has 1 amide bonds. The Morgan fingerprint density at radius 2 is 1.84 bits per heavy atom. The maximum absolute atomic E-state index is 12.7. The SMILES string of the molecule is CC(C)(C(=O)Nc1ccc(F)nc1)c1ccccc1. The third-order valence-corrected chi connectivity index (χ3v) is 3.05. The second-order valence-electron chi connectivity index (χ2n) is 4.81. The molecule has 0 aliphatic carbocycles. The molecule has 0 fully saturated rings. The summed E-state index contributed by atoms with van der Waals surface area (Å²) < 4.78 is 12.7. The molecule has 0 saturated heterocycles. The van der Waals surface area contributed by atoms with Gasteiger partial charge in [0.2, 0.25) is 11.9 Å². The summed E-state index contributed by atoms with van der Waals surface area (Å²) in [5.41, 5.74) is 0.730. The Morgan fingerprint density at radius 3 is 2.42 bits per heavy atom. The Hall–Kier alpha value is -2.23. The van der Waals surface area contributed by atoms with Gasteiger partial charge in [0.1, 0.15) is 0 Å². The number of nitrogens with zero attached hydrogens (tertiary/aromatic N) is 1. The van der Waals surface area contributed by atoms with Gasteiger partial charge in [0.25, 0.3) is 0 Å². The van der Waals surface area contributed by atoms with Crippen molar-refractivity contribution in [1.29, 1.82) is 0 Å². The second kappa shape index (κ2) is 5.18. The van der Waals surface area contributed by atoms with Crippen molar-refractivity contribution in [3.05, 3.63) is 60.2 Å². The lowest BCUT2D eigenvalue weighted by atomic mass is 9.84. The summed E-state index contributed by atoms with van der Waals surface area (Å²) in [6.07, 6.45) is 1.30. The number of aromatic nitrogens is 1. The van der Waals surface area contributed by atoms with Crippen LogP contribution < -0.4 is 5.32 Å². The predicted octanol–water partition coefficient (Wildman–Crippen LogP) is 3.14. The first-order valence-corrected chi connectivity index (χ1v) is 5.98. The first-order chi connectivity index (χ1) is 9.00. The molecule has 1 aromatic carbocycles. The summed E-state index contributed by atoms with van der Waals surface area (Å²) in [7, 11) is 0. The number of pyridine rings is 1. The van der Waals surface area contributed by atoms with Crippen LogP contribution in [0.3, 0.4) is 0 Å². The van der Waals surface area contributed by atoms with Gasteiger partial charge in [0, 0.05) is 0 Å². The van der Waals surface area contributed by atoms with Gasteiger partial charge < -0.3 is 5.32 Å². The van der Waals surface area contributed by atoms with E-state index in [1.807, 2.05) is 44.2 Å². The Morgan fingerprint density at radius 1 is 1.16 bits per heavy atom. The van der Waals surface area contributed by atoms with Crippen LogP contribution in [0.4, 0.5) is 10.1 Å². The van der Waals surface area contributed by atoms with Crippen molar-refractivity contribution in [3.63, 3.8) is 0 Å². The van der Waals surface area contributed by atoms with E-state index in [4.69, 9.17) is 0 Å². The molecular weight excluding hydrogens is 243 g/mol. The maximum atomic E-state index is 12.7. The highest BCUT2D eigenvalue weighted by Crippen LogP contribution is 2.24. The van der Waals surface area contributed by atoms with E-state index in [0.29, 0.717) is 5.69 Å². The number of amides is 1. The number of anilines is 1. The van der Waals surface area contributed by atoms with Crippen molar-refractivity contribution in [1.82, 2.24) is 4.98 Å². The number of hydrogen-bond acceptors (Lipinski definition) is 2. The highest BCUT2D eigenvalue weighted by atomic mass is 19.1. The normalized spacial score (nSPS) is 11.1. The third kappa shape index (κ3) is 2.96. The van der Waals surface area contributed by atoms with Gasteiger partial charge in [-0.05, 0) is 31.5 Å². The molecule has 0 aliphatic rings. The first-order valence-electron chi connectivity index (χ1n) is 5.98. The number of halogens is 1. The molecule has 2 rings (SSSR count). The molecule has 1 heterocycles. The van der Waals surface area contributed by atoms with E-state index in [1.54, 1.807) is 0 Å². The lowest BCUT2D eigenvalue weighted by Crippen LogP contribution is -2.34. The summed E-state index contributed by atoms with van der Waals surface area (Å²) in [6, 6.07) is 12.2. The molecule has 0 bridgehead atoms. The molecular formula is C15H15FN2O. The third-order valence-electron chi connectivity index (χ3n) is 3.05. The molecule has 1 aromatic heterocycles. The van der Waals surface area contributed by atoms with Crippen molar-refractivity contribution in [3.8, 4) is 0 Å². The van der Waals surface area contributed by atoms with Crippen LogP contribution in [0.5, 0.6) is 0 Å². The fourth-order valence-corrected chi connectivity index (χ4v) is 1.72. The van der Waals surface area contributed by atoms with Gasteiger partial charge in [0.15, 0.2) is 0 Å². The summed E-state index contributed by atoms with van der Waals surface area (Å²) in [6.45, 7) is 3.68. The Bertz CT molecular complexity index is 564. The average molecular weight is 258 g/mol. The summed E-state index contributed by atoms with van der Waals surface area (Å²) in [5.74, 6) is -0.729. The van der Waals surface area contributed by atoms with Crippen LogP contribution in [-0.2, 0) is 10.2 Å². The molecule has 3 nitrogen and oxygen atoms in total.